The SMILES string of the molecule is CCOC(=O)c1ccc(NC(=O)CSc2nc3sc4c(c3c(=O)n2CCOC)CCC4)cc1. The number of anilines is 1. The molecule has 1 amide bonds. The van der Waals surface area contributed by atoms with Crippen LogP contribution in [0.2, 0.25) is 0 Å². The zero-order chi connectivity index (χ0) is 23.4. The van der Waals surface area contributed by atoms with Crippen molar-refractivity contribution in [2.75, 3.05) is 31.4 Å². The van der Waals surface area contributed by atoms with Crippen molar-refractivity contribution in [1.29, 1.82) is 0 Å². The standard InChI is InChI=1S/C23H25N3O5S2/c1-3-31-22(29)14-7-9-15(10-8-14)24-18(27)13-32-23-25-20-19(16-5-4-6-17(16)33-20)21(28)26(23)11-12-30-2/h7-10H,3-6,11-13H2,1-2H3,(H,24,27). The molecule has 0 spiro atoms. The number of carbonyl (C=O) groups excluding carboxylic acids is 2. The van der Waals surface area contributed by atoms with Gasteiger partial charge in [0.05, 0.1) is 36.5 Å². The third kappa shape index (κ3) is 5.13. The van der Waals surface area contributed by atoms with E-state index in [1.807, 2.05) is 0 Å². The highest BCUT2D eigenvalue weighted by atomic mass is 32.2. The number of nitrogens with one attached hydrogen (secondary N) is 1. The van der Waals surface area contributed by atoms with Gasteiger partial charge < -0.3 is 14.8 Å². The zero-order valence-corrected chi connectivity index (χ0v) is 20.1. The lowest BCUT2D eigenvalue weighted by Crippen LogP contribution is -2.26. The number of carbonyl (C=O) groups is 2. The molecule has 10 heteroatoms. The van der Waals surface area contributed by atoms with Gasteiger partial charge in [0.1, 0.15) is 4.83 Å². The maximum atomic E-state index is 13.3. The van der Waals surface area contributed by atoms with E-state index >= 15 is 0 Å². The molecule has 2 heterocycles. The Morgan fingerprint density at radius 2 is 2.03 bits per heavy atom. The lowest BCUT2D eigenvalue weighted by molar-refractivity contribution is -0.113. The summed E-state index contributed by atoms with van der Waals surface area (Å²) >= 11 is 2.81. The molecule has 1 N–H and O–H groups in total. The van der Waals surface area contributed by atoms with Gasteiger partial charge in [0.15, 0.2) is 5.16 Å². The highest BCUT2D eigenvalue weighted by Gasteiger charge is 2.23. The number of methoxy groups -OCH3 is 1. The maximum absolute atomic E-state index is 13.3. The van der Waals surface area contributed by atoms with Crippen LogP contribution in [0, 0.1) is 0 Å². The van der Waals surface area contributed by atoms with Crippen molar-refractivity contribution >= 4 is 50.9 Å². The molecule has 0 bridgehead atoms. The number of thiophene rings is 1. The van der Waals surface area contributed by atoms with Crippen molar-refractivity contribution in [3.8, 4) is 0 Å². The molecule has 8 nitrogen and oxygen atoms in total. The third-order valence-corrected chi connectivity index (χ3v) is 7.48. The number of fused-ring (bicyclic) bond motifs is 3. The summed E-state index contributed by atoms with van der Waals surface area (Å²) in [5.41, 5.74) is 2.07. The van der Waals surface area contributed by atoms with Crippen LogP contribution in [0.3, 0.4) is 0 Å². The van der Waals surface area contributed by atoms with Crippen molar-refractivity contribution in [2.24, 2.45) is 0 Å². The summed E-state index contributed by atoms with van der Waals surface area (Å²) in [5, 5.41) is 4.04. The molecule has 1 aromatic carbocycles. The Morgan fingerprint density at radius 3 is 2.76 bits per heavy atom. The van der Waals surface area contributed by atoms with E-state index in [4.69, 9.17) is 14.5 Å². The molecule has 0 aliphatic heterocycles. The second kappa shape index (κ2) is 10.5. The Bertz CT molecular complexity index is 1230. The van der Waals surface area contributed by atoms with Crippen molar-refractivity contribution in [1.82, 2.24) is 9.55 Å². The summed E-state index contributed by atoms with van der Waals surface area (Å²) < 4.78 is 11.8. The lowest BCUT2D eigenvalue weighted by atomic mass is 10.2. The van der Waals surface area contributed by atoms with Gasteiger partial charge in [0, 0.05) is 17.7 Å². The van der Waals surface area contributed by atoms with E-state index in [9.17, 15) is 14.4 Å². The van der Waals surface area contributed by atoms with E-state index in [2.05, 4.69) is 5.32 Å². The lowest BCUT2D eigenvalue weighted by Gasteiger charge is -2.12. The molecule has 0 fully saturated rings. The predicted molar refractivity (Wildman–Crippen MR) is 130 cm³/mol. The van der Waals surface area contributed by atoms with Gasteiger partial charge in [0.25, 0.3) is 5.56 Å². The van der Waals surface area contributed by atoms with E-state index < -0.39 is 5.97 Å². The van der Waals surface area contributed by atoms with Gasteiger partial charge >= 0.3 is 5.97 Å². The van der Waals surface area contributed by atoms with Crippen molar-refractivity contribution in [2.45, 2.75) is 37.9 Å². The molecule has 174 valence electrons. The van der Waals surface area contributed by atoms with Crippen LogP contribution >= 0.6 is 23.1 Å². The minimum absolute atomic E-state index is 0.0612. The first-order valence-corrected chi connectivity index (χ1v) is 12.6. The molecule has 4 rings (SSSR count). The number of hydrogen-bond acceptors (Lipinski definition) is 8. The molecule has 1 aliphatic carbocycles. The van der Waals surface area contributed by atoms with Crippen LogP contribution in [0.4, 0.5) is 5.69 Å². The largest absolute Gasteiger partial charge is 0.462 e. The Labute approximate surface area is 199 Å². The van der Waals surface area contributed by atoms with Gasteiger partial charge in [-0.3, -0.25) is 14.2 Å². The van der Waals surface area contributed by atoms with Gasteiger partial charge in [-0.15, -0.1) is 11.3 Å². The number of rotatable bonds is 9. The van der Waals surface area contributed by atoms with E-state index in [0.29, 0.717) is 36.2 Å². The highest BCUT2D eigenvalue weighted by molar-refractivity contribution is 7.99. The first kappa shape index (κ1) is 23.5. The molecule has 1 aliphatic rings. The van der Waals surface area contributed by atoms with Crippen molar-refractivity contribution < 1.29 is 19.1 Å². The summed E-state index contributed by atoms with van der Waals surface area (Å²) in [6.07, 6.45) is 2.99. The van der Waals surface area contributed by atoms with Gasteiger partial charge in [-0.05, 0) is 56.0 Å². The number of nitrogens with zero attached hydrogens (tertiary/aromatic N) is 2. The van der Waals surface area contributed by atoms with Gasteiger partial charge in [-0.25, -0.2) is 9.78 Å². The van der Waals surface area contributed by atoms with Crippen LogP contribution in [-0.2, 0) is 33.7 Å². The van der Waals surface area contributed by atoms with E-state index in [-0.39, 0.29) is 17.2 Å². The summed E-state index contributed by atoms with van der Waals surface area (Å²) in [7, 11) is 1.59. The average Bonchev–Trinajstić information content (AvgIpc) is 3.39. The Balaban J connectivity index is 1.48. The average molecular weight is 488 g/mol. The van der Waals surface area contributed by atoms with Crippen LogP contribution in [0.15, 0.2) is 34.2 Å². The Hall–Kier alpha value is -2.69. The molecule has 0 saturated heterocycles. The molecular formula is C23H25N3O5S2. The molecule has 33 heavy (non-hydrogen) atoms. The van der Waals surface area contributed by atoms with Crippen LogP contribution in [0.25, 0.3) is 10.2 Å². The summed E-state index contributed by atoms with van der Waals surface area (Å²) in [4.78, 5) is 44.3. The fourth-order valence-corrected chi connectivity index (χ4v) is 5.91. The van der Waals surface area contributed by atoms with Crippen molar-refractivity contribution in [3.63, 3.8) is 0 Å². The second-order valence-corrected chi connectivity index (χ2v) is 9.54. The van der Waals surface area contributed by atoms with Crippen LogP contribution < -0.4 is 10.9 Å². The number of hydrogen-bond donors (Lipinski definition) is 1. The van der Waals surface area contributed by atoms with E-state index in [0.717, 1.165) is 35.0 Å². The maximum Gasteiger partial charge on any atom is 0.338 e. The van der Waals surface area contributed by atoms with Gasteiger partial charge in [0.2, 0.25) is 5.91 Å². The molecule has 2 aromatic heterocycles. The Kier molecular flexibility index (Phi) is 7.46. The number of esters is 1. The molecule has 0 radical (unpaired) electrons. The minimum atomic E-state index is -0.402. The minimum Gasteiger partial charge on any atom is -0.462 e. The highest BCUT2D eigenvalue weighted by Crippen LogP contribution is 2.35. The first-order valence-electron chi connectivity index (χ1n) is 10.8. The fraction of sp³-hybridized carbons (Fsp3) is 0.391. The molecule has 0 atom stereocenters. The van der Waals surface area contributed by atoms with Gasteiger partial charge in [-0.2, -0.15) is 0 Å². The number of aryl methyl sites for hydroxylation is 2. The van der Waals surface area contributed by atoms with Crippen LogP contribution in [0.1, 0.15) is 34.1 Å². The van der Waals surface area contributed by atoms with Gasteiger partial charge in [-0.1, -0.05) is 11.8 Å². The zero-order valence-electron chi connectivity index (χ0n) is 18.5. The Morgan fingerprint density at radius 1 is 1.24 bits per heavy atom. The summed E-state index contributed by atoms with van der Waals surface area (Å²) in [5.74, 6) is -0.540. The molecule has 0 unspecified atom stereocenters. The molecule has 0 saturated carbocycles. The number of benzene rings is 1. The normalized spacial score (nSPS) is 12.7. The van der Waals surface area contributed by atoms with Crippen LogP contribution in [0.5, 0.6) is 0 Å². The molecule has 3 aromatic rings. The summed E-state index contributed by atoms with van der Waals surface area (Å²) in [6.45, 7) is 2.81. The molecular weight excluding hydrogens is 462 g/mol. The summed E-state index contributed by atoms with van der Waals surface area (Å²) in [6, 6.07) is 6.52. The number of ether oxygens (including phenoxy) is 2. The topological polar surface area (TPSA) is 99.5 Å². The quantitative estimate of drug-likeness (QED) is 0.280. The van der Waals surface area contributed by atoms with E-state index in [1.165, 1.54) is 16.6 Å². The first-order chi connectivity index (χ1) is 16.0. The van der Waals surface area contributed by atoms with Crippen molar-refractivity contribution in [3.05, 3.63) is 50.6 Å². The predicted octanol–water partition coefficient (Wildman–Crippen LogP) is 3.50. The monoisotopic (exact) mass is 487 g/mol. The smallest absolute Gasteiger partial charge is 0.338 e. The number of thioether (sulfide) groups is 1. The number of aromatic nitrogens is 2. The number of amides is 1. The van der Waals surface area contributed by atoms with E-state index in [1.54, 1.807) is 54.2 Å². The third-order valence-electron chi connectivity index (χ3n) is 5.32. The second-order valence-electron chi connectivity index (χ2n) is 7.52. The fourth-order valence-electron chi connectivity index (χ4n) is 3.78. The van der Waals surface area contributed by atoms with Crippen LogP contribution in [-0.4, -0.2) is 47.5 Å².